The van der Waals surface area contributed by atoms with Crippen molar-refractivity contribution >= 4 is 17.0 Å². The molecule has 0 aliphatic heterocycles. The van der Waals surface area contributed by atoms with E-state index < -0.39 is 23.2 Å². The van der Waals surface area contributed by atoms with Crippen LogP contribution in [0, 0.1) is 11.6 Å². The van der Waals surface area contributed by atoms with Gasteiger partial charge < -0.3 is 5.11 Å². The molecule has 5 rings (SSSR count). The molecule has 3 heterocycles. The quantitative estimate of drug-likeness (QED) is 0.427. The zero-order chi connectivity index (χ0) is 23.1. The maximum atomic E-state index is 14.7. The molecule has 2 N–H and O–H groups in total. The molecule has 9 nitrogen and oxygen atoms in total. The van der Waals surface area contributed by atoms with E-state index in [-0.39, 0.29) is 40.2 Å². The van der Waals surface area contributed by atoms with Gasteiger partial charge >= 0.3 is 5.97 Å². The monoisotopic (exact) mass is 448 g/mol. The first-order chi connectivity index (χ1) is 15.9. The Kier molecular flexibility index (Phi) is 4.78. The number of carboxylic acids is 1. The number of nitrogens with zero attached hydrogens (tertiary/aromatic N) is 5. The van der Waals surface area contributed by atoms with Crippen molar-refractivity contribution in [1.82, 2.24) is 29.5 Å². The first-order valence-electron chi connectivity index (χ1n) is 9.68. The Labute approximate surface area is 183 Å². The van der Waals surface area contributed by atoms with Crippen LogP contribution in [-0.4, -0.2) is 40.6 Å². The number of halogens is 2. The Bertz CT molecular complexity index is 1590. The van der Waals surface area contributed by atoms with E-state index in [1.54, 1.807) is 12.1 Å². The molecular formula is C22H14F2N6O3. The number of hydrogen-bond donors (Lipinski definition) is 2. The number of hydrogen-bond acceptors (Lipinski definition) is 5. The first-order valence-corrected chi connectivity index (χ1v) is 9.68. The Hall–Kier alpha value is -4.67. The lowest BCUT2D eigenvalue weighted by Crippen LogP contribution is -2.17. The topological polar surface area (TPSA) is 119 Å². The van der Waals surface area contributed by atoms with E-state index in [0.717, 1.165) is 10.9 Å². The van der Waals surface area contributed by atoms with Gasteiger partial charge in [-0.05, 0) is 17.7 Å². The summed E-state index contributed by atoms with van der Waals surface area (Å²) in [6.07, 6.45) is 3.73. The number of H-pyrrole nitrogens is 1. The second kappa shape index (κ2) is 7.79. The lowest BCUT2D eigenvalue weighted by molar-refractivity contribution is 0.0697. The number of rotatable bonds is 5. The zero-order valence-corrected chi connectivity index (χ0v) is 16.7. The number of carboxylic acid groups (broad SMARTS) is 1. The van der Waals surface area contributed by atoms with Crippen LogP contribution in [0.2, 0.25) is 0 Å². The summed E-state index contributed by atoms with van der Waals surface area (Å²) in [5, 5.41) is 17.1. The maximum Gasteiger partial charge on any atom is 0.338 e. The van der Waals surface area contributed by atoms with E-state index in [4.69, 9.17) is 5.11 Å². The summed E-state index contributed by atoms with van der Waals surface area (Å²) >= 11 is 0. The highest BCUT2D eigenvalue weighted by Crippen LogP contribution is 2.26. The third-order valence-electron chi connectivity index (χ3n) is 5.06. The van der Waals surface area contributed by atoms with Gasteiger partial charge in [0, 0.05) is 17.3 Å². The molecule has 0 amide bonds. The van der Waals surface area contributed by atoms with Crippen molar-refractivity contribution in [2.75, 3.05) is 0 Å². The van der Waals surface area contributed by atoms with Gasteiger partial charge in [-0.1, -0.05) is 30.3 Å². The van der Waals surface area contributed by atoms with Crippen molar-refractivity contribution in [2.24, 2.45) is 0 Å². The summed E-state index contributed by atoms with van der Waals surface area (Å²) in [6.45, 7) is 0.0764. The molecule has 0 radical (unpaired) electrons. The lowest BCUT2D eigenvalue weighted by atomic mass is 10.0. The van der Waals surface area contributed by atoms with Gasteiger partial charge in [-0.15, -0.1) is 0 Å². The summed E-state index contributed by atoms with van der Waals surface area (Å²) < 4.78 is 31.2. The predicted molar refractivity (Wildman–Crippen MR) is 113 cm³/mol. The van der Waals surface area contributed by atoms with Crippen molar-refractivity contribution in [3.63, 3.8) is 0 Å². The van der Waals surface area contributed by atoms with Crippen LogP contribution in [0.5, 0.6) is 0 Å². The standard InChI is InChI=1S/C22H14F2N6O3/c23-16-4-2-1-3-14(16)15-6-5-12(7-17(15)24)10-29-19-18(9-26-29)27-22(28-20(19)31)30-11-13(8-25-30)21(32)33/h1-9,11H,10H2,(H,32,33)(H,27,28,31). The Morgan fingerprint density at radius 3 is 2.55 bits per heavy atom. The summed E-state index contributed by atoms with van der Waals surface area (Å²) in [4.78, 5) is 30.6. The van der Waals surface area contributed by atoms with Gasteiger partial charge in [-0.25, -0.2) is 23.2 Å². The number of benzene rings is 2. The van der Waals surface area contributed by atoms with Crippen molar-refractivity contribution in [2.45, 2.75) is 6.54 Å². The molecule has 0 saturated carbocycles. The largest absolute Gasteiger partial charge is 0.478 e. The molecule has 0 spiro atoms. The van der Waals surface area contributed by atoms with Crippen molar-refractivity contribution in [1.29, 1.82) is 0 Å². The fraction of sp³-hybridized carbons (Fsp3) is 0.0455. The molecule has 5 aromatic rings. The molecular weight excluding hydrogens is 434 g/mol. The normalized spacial score (nSPS) is 11.2. The molecule has 33 heavy (non-hydrogen) atoms. The maximum absolute atomic E-state index is 14.7. The second-order valence-electron chi connectivity index (χ2n) is 7.20. The van der Waals surface area contributed by atoms with Crippen LogP contribution in [0.1, 0.15) is 15.9 Å². The van der Waals surface area contributed by atoms with Crippen LogP contribution < -0.4 is 5.56 Å². The Balaban J connectivity index is 1.47. The highest BCUT2D eigenvalue weighted by atomic mass is 19.1. The average Bonchev–Trinajstić information content (AvgIpc) is 3.43. The molecule has 164 valence electrons. The van der Waals surface area contributed by atoms with E-state index in [9.17, 15) is 18.4 Å². The van der Waals surface area contributed by atoms with Crippen LogP contribution in [-0.2, 0) is 6.54 Å². The SMILES string of the molecule is O=C(O)c1cnn(-c2nc3cnn(Cc4ccc(-c5ccccc5F)c(F)c4)c3c(=O)[nH]2)c1. The number of nitrogens with one attached hydrogen (secondary N) is 1. The van der Waals surface area contributed by atoms with Gasteiger partial charge in [0.05, 0.1) is 24.5 Å². The second-order valence-corrected chi connectivity index (χ2v) is 7.20. The fourth-order valence-electron chi connectivity index (χ4n) is 3.50. The lowest BCUT2D eigenvalue weighted by Gasteiger charge is -2.08. The highest BCUT2D eigenvalue weighted by Gasteiger charge is 2.15. The minimum absolute atomic E-state index is 0.0276. The van der Waals surface area contributed by atoms with Crippen molar-refractivity contribution in [3.05, 3.63) is 94.2 Å². The number of fused-ring (bicyclic) bond motifs is 1. The van der Waals surface area contributed by atoms with Crippen LogP contribution in [0.4, 0.5) is 8.78 Å². The zero-order valence-electron chi connectivity index (χ0n) is 16.7. The minimum atomic E-state index is -1.16. The molecule has 0 saturated heterocycles. The van der Waals surface area contributed by atoms with Crippen LogP contribution >= 0.6 is 0 Å². The predicted octanol–water partition coefficient (Wildman–Crippen LogP) is 3.00. The summed E-state index contributed by atoms with van der Waals surface area (Å²) in [6, 6.07) is 10.3. The van der Waals surface area contributed by atoms with Gasteiger partial charge in [0.2, 0.25) is 5.95 Å². The summed E-state index contributed by atoms with van der Waals surface area (Å²) in [5.74, 6) is -2.26. The van der Waals surface area contributed by atoms with Gasteiger partial charge in [-0.2, -0.15) is 10.2 Å². The molecule has 11 heteroatoms. The van der Waals surface area contributed by atoms with E-state index in [0.29, 0.717) is 5.56 Å². The third kappa shape index (κ3) is 3.65. The smallest absolute Gasteiger partial charge is 0.338 e. The molecule has 0 unspecified atom stereocenters. The number of carbonyl (C=O) groups is 1. The Morgan fingerprint density at radius 1 is 1.03 bits per heavy atom. The minimum Gasteiger partial charge on any atom is -0.478 e. The van der Waals surface area contributed by atoms with E-state index in [2.05, 4.69) is 20.2 Å². The number of aromatic nitrogens is 6. The number of aromatic amines is 1. The Morgan fingerprint density at radius 2 is 1.82 bits per heavy atom. The number of aromatic carboxylic acids is 1. The summed E-state index contributed by atoms with van der Waals surface area (Å²) in [7, 11) is 0. The van der Waals surface area contributed by atoms with Gasteiger partial charge in [0.15, 0.2) is 5.52 Å². The van der Waals surface area contributed by atoms with E-state index >= 15 is 0 Å². The molecule has 0 aliphatic rings. The molecule has 0 fully saturated rings. The molecule has 2 aromatic carbocycles. The molecule has 3 aromatic heterocycles. The molecule has 0 atom stereocenters. The van der Waals surface area contributed by atoms with Gasteiger partial charge in [0.25, 0.3) is 5.56 Å². The summed E-state index contributed by atoms with van der Waals surface area (Å²) in [5.41, 5.74) is 0.625. The molecule has 0 aliphatic carbocycles. The van der Waals surface area contributed by atoms with Crippen LogP contribution in [0.15, 0.2) is 65.8 Å². The average molecular weight is 448 g/mol. The van der Waals surface area contributed by atoms with Crippen LogP contribution in [0.3, 0.4) is 0 Å². The first kappa shape index (κ1) is 20.2. The molecule has 0 bridgehead atoms. The van der Waals surface area contributed by atoms with Crippen molar-refractivity contribution < 1.29 is 18.7 Å². The third-order valence-corrected chi connectivity index (χ3v) is 5.06. The fourth-order valence-corrected chi connectivity index (χ4v) is 3.50. The highest BCUT2D eigenvalue weighted by molar-refractivity contribution is 5.87. The van der Waals surface area contributed by atoms with Crippen molar-refractivity contribution in [3.8, 4) is 17.1 Å². The van der Waals surface area contributed by atoms with Crippen LogP contribution in [0.25, 0.3) is 28.1 Å². The van der Waals surface area contributed by atoms with E-state index in [1.165, 1.54) is 47.4 Å². The van der Waals surface area contributed by atoms with Gasteiger partial charge in [-0.3, -0.25) is 14.5 Å². The van der Waals surface area contributed by atoms with Gasteiger partial charge in [0.1, 0.15) is 17.2 Å². The van der Waals surface area contributed by atoms with E-state index in [1.807, 2.05) is 0 Å².